The van der Waals surface area contributed by atoms with Gasteiger partial charge in [0.05, 0.1) is 5.69 Å². The number of amides is 1. The Morgan fingerprint density at radius 2 is 1.92 bits per heavy atom. The number of carbonyl (C=O) groups excluding carboxylic acids is 1. The number of hydrogen-bond donors (Lipinski definition) is 2. The summed E-state index contributed by atoms with van der Waals surface area (Å²) in [6, 6.07) is 11.8. The highest BCUT2D eigenvalue weighted by molar-refractivity contribution is 7.21. The molecule has 3 rings (SSSR count). The Labute approximate surface area is 145 Å². The van der Waals surface area contributed by atoms with Gasteiger partial charge in [0.15, 0.2) is 0 Å². The van der Waals surface area contributed by atoms with Gasteiger partial charge in [0.25, 0.3) is 5.91 Å². The van der Waals surface area contributed by atoms with E-state index in [1.54, 1.807) is 0 Å². The fourth-order valence-electron chi connectivity index (χ4n) is 2.61. The smallest absolute Gasteiger partial charge is 0.267 e. The molecule has 0 radical (unpaired) electrons. The van der Waals surface area contributed by atoms with Gasteiger partial charge < -0.3 is 11.1 Å². The molecule has 0 saturated heterocycles. The molecule has 0 saturated carbocycles. The first kappa shape index (κ1) is 16.5. The van der Waals surface area contributed by atoms with Crippen LogP contribution in [-0.2, 0) is 12.8 Å². The number of hydrogen-bond acceptors (Lipinski definition) is 4. The van der Waals surface area contributed by atoms with E-state index in [-0.39, 0.29) is 5.91 Å². The number of aryl methyl sites for hydroxylation is 2. The summed E-state index contributed by atoms with van der Waals surface area (Å²) in [5.41, 5.74) is 9.73. The average Bonchev–Trinajstić information content (AvgIpc) is 2.92. The number of nitrogens with one attached hydrogen (secondary N) is 1. The molecule has 0 unspecified atom stereocenters. The molecule has 0 aliphatic carbocycles. The summed E-state index contributed by atoms with van der Waals surface area (Å²) in [6.45, 7) is 4.22. The second kappa shape index (κ2) is 7.01. The van der Waals surface area contributed by atoms with E-state index in [9.17, 15) is 4.79 Å². The molecular weight excluding hydrogens is 318 g/mol. The van der Waals surface area contributed by atoms with Crippen molar-refractivity contribution in [3.8, 4) is 0 Å². The first-order chi connectivity index (χ1) is 11.6. The van der Waals surface area contributed by atoms with Crippen molar-refractivity contribution in [3.05, 3.63) is 52.5 Å². The van der Waals surface area contributed by atoms with Gasteiger partial charge in [-0.15, -0.1) is 11.3 Å². The lowest BCUT2D eigenvalue weighted by Crippen LogP contribution is -2.11. The number of anilines is 2. The number of benzene rings is 1. The summed E-state index contributed by atoms with van der Waals surface area (Å²) >= 11 is 1.35. The minimum Gasteiger partial charge on any atom is -0.397 e. The minimum atomic E-state index is -0.184. The molecule has 1 amide bonds. The lowest BCUT2D eigenvalue weighted by Gasteiger charge is -2.05. The summed E-state index contributed by atoms with van der Waals surface area (Å²) < 4.78 is 0. The summed E-state index contributed by atoms with van der Waals surface area (Å²) in [5, 5.41) is 3.77. The fourth-order valence-corrected chi connectivity index (χ4v) is 3.62. The maximum absolute atomic E-state index is 12.6. The molecule has 0 spiro atoms. The number of nitrogens with zero attached hydrogens (tertiary/aromatic N) is 1. The number of pyridine rings is 1. The molecule has 2 aromatic heterocycles. The van der Waals surface area contributed by atoms with Gasteiger partial charge in [-0.05, 0) is 42.7 Å². The Kier molecular flexibility index (Phi) is 4.81. The molecule has 1 aromatic carbocycles. The van der Waals surface area contributed by atoms with E-state index < -0.39 is 0 Å². The predicted octanol–water partition coefficient (Wildman–Crippen LogP) is 4.65. The molecule has 24 heavy (non-hydrogen) atoms. The molecule has 2 heterocycles. The number of rotatable bonds is 5. The maximum Gasteiger partial charge on any atom is 0.267 e. The van der Waals surface area contributed by atoms with Crippen LogP contribution >= 0.6 is 11.3 Å². The number of fused-ring (bicyclic) bond motifs is 1. The van der Waals surface area contributed by atoms with Gasteiger partial charge in [-0.3, -0.25) is 4.79 Å². The van der Waals surface area contributed by atoms with Crippen LogP contribution in [0.2, 0.25) is 0 Å². The average molecular weight is 339 g/mol. The zero-order valence-corrected chi connectivity index (χ0v) is 14.7. The van der Waals surface area contributed by atoms with Crippen molar-refractivity contribution in [3.63, 3.8) is 0 Å². The SMILES string of the molecule is CCCc1ccc2c(N)c(C(=O)Nc3ccc(CC)cc3)sc2n1. The van der Waals surface area contributed by atoms with Gasteiger partial charge in [0, 0.05) is 16.8 Å². The summed E-state index contributed by atoms with van der Waals surface area (Å²) in [6.07, 6.45) is 2.95. The largest absolute Gasteiger partial charge is 0.397 e. The van der Waals surface area contributed by atoms with Crippen LogP contribution in [0.3, 0.4) is 0 Å². The number of aromatic nitrogens is 1. The molecule has 0 aliphatic heterocycles. The third-order valence-electron chi connectivity index (χ3n) is 3.98. The van der Waals surface area contributed by atoms with Crippen LogP contribution in [0.25, 0.3) is 10.2 Å². The standard InChI is InChI=1S/C19H21N3OS/c1-3-5-13-10-11-15-16(20)17(24-19(15)22-13)18(23)21-14-8-6-12(4-2)7-9-14/h6-11H,3-5,20H2,1-2H3,(H,21,23). The highest BCUT2D eigenvalue weighted by atomic mass is 32.1. The van der Waals surface area contributed by atoms with Gasteiger partial charge in [0.2, 0.25) is 0 Å². The van der Waals surface area contributed by atoms with E-state index in [0.717, 1.165) is 40.9 Å². The van der Waals surface area contributed by atoms with Gasteiger partial charge in [-0.2, -0.15) is 0 Å². The number of nitrogen functional groups attached to an aromatic ring is 1. The first-order valence-electron chi connectivity index (χ1n) is 8.20. The number of thiophene rings is 1. The zero-order chi connectivity index (χ0) is 17.1. The molecule has 0 fully saturated rings. The highest BCUT2D eigenvalue weighted by Crippen LogP contribution is 2.33. The Morgan fingerprint density at radius 3 is 2.58 bits per heavy atom. The topological polar surface area (TPSA) is 68.0 Å². The predicted molar refractivity (Wildman–Crippen MR) is 102 cm³/mol. The minimum absolute atomic E-state index is 0.184. The summed E-state index contributed by atoms with van der Waals surface area (Å²) in [5.74, 6) is -0.184. The van der Waals surface area contributed by atoms with Gasteiger partial charge in [0.1, 0.15) is 9.71 Å². The van der Waals surface area contributed by atoms with Crippen molar-refractivity contribution in [2.75, 3.05) is 11.1 Å². The third-order valence-corrected chi connectivity index (χ3v) is 5.10. The molecule has 3 N–H and O–H groups in total. The normalized spacial score (nSPS) is 10.9. The van der Waals surface area contributed by atoms with Gasteiger partial charge in [-0.1, -0.05) is 32.4 Å². The van der Waals surface area contributed by atoms with Crippen LogP contribution in [0.1, 0.15) is 41.2 Å². The van der Waals surface area contributed by atoms with E-state index in [0.29, 0.717) is 10.6 Å². The molecule has 4 nitrogen and oxygen atoms in total. The van der Waals surface area contributed by atoms with Crippen molar-refractivity contribution in [2.24, 2.45) is 0 Å². The number of nitrogens with two attached hydrogens (primary N) is 1. The molecule has 0 atom stereocenters. The Morgan fingerprint density at radius 1 is 1.17 bits per heavy atom. The monoisotopic (exact) mass is 339 g/mol. The van der Waals surface area contributed by atoms with Crippen LogP contribution in [0.4, 0.5) is 11.4 Å². The van der Waals surface area contributed by atoms with Gasteiger partial charge >= 0.3 is 0 Å². The highest BCUT2D eigenvalue weighted by Gasteiger charge is 2.17. The van der Waals surface area contributed by atoms with E-state index >= 15 is 0 Å². The lowest BCUT2D eigenvalue weighted by molar-refractivity contribution is 0.103. The second-order valence-electron chi connectivity index (χ2n) is 5.75. The van der Waals surface area contributed by atoms with Gasteiger partial charge in [-0.25, -0.2) is 4.98 Å². The van der Waals surface area contributed by atoms with Crippen LogP contribution in [-0.4, -0.2) is 10.9 Å². The van der Waals surface area contributed by atoms with E-state index in [2.05, 4.69) is 24.1 Å². The fraction of sp³-hybridized carbons (Fsp3) is 0.263. The third kappa shape index (κ3) is 3.26. The molecule has 124 valence electrons. The summed E-state index contributed by atoms with van der Waals surface area (Å²) in [7, 11) is 0. The quantitative estimate of drug-likeness (QED) is 0.711. The van der Waals surface area contributed by atoms with Crippen LogP contribution < -0.4 is 11.1 Å². The van der Waals surface area contributed by atoms with Crippen LogP contribution in [0, 0.1) is 0 Å². The van der Waals surface area contributed by atoms with Crippen molar-refractivity contribution >= 4 is 38.8 Å². The maximum atomic E-state index is 12.6. The van der Waals surface area contributed by atoms with Crippen LogP contribution in [0.15, 0.2) is 36.4 Å². The van der Waals surface area contributed by atoms with Crippen molar-refractivity contribution in [1.82, 2.24) is 4.98 Å². The van der Waals surface area contributed by atoms with Crippen molar-refractivity contribution in [2.45, 2.75) is 33.1 Å². The Balaban J connectivity index is 1.87. The Bertz CT molecular complexity index is 868. The summed E-state index contributed by atoms with van der Waals surface area (Å²) in [4.78, 5) is 18.5. The Hall–Kier alpha value is -2.40. The second-order valence-corrected chi connectivity index (χ2v) is 6.75. The zero-order valence-electron chi connectivity index (χ0n) is 13.9. The molecule has 3 aromatic rings. The van der Waals surface area contributed by atoms with Crippen LogP contribution in [0.5, 0.6) is 0 Å². The molecule has 5 heteroatoms. The lowest BCUT2D eigenvalue weighted by atomic mass is 10.1. The molecule has 0 bridgehead atoms. The molecule has 0 aliphatic rings. The van der Waals surface area contributed by atoms with E-state index in [1.165, 1.54) is 16.9 Å². The molecular formula is C19H21N3OS. The van der Waals surface area contributed by atoms with E-state index in [1.807, 2.05) is 36.4 Å². The number of carbonyl (C=O) groups is 1. The van der Waals surface area contributed by atoms with Crippen molar-refractivity contribution in [1.29, 1.82) is 0 Å². The van der Waals surface area contributed by atoms with Crippen molar-refractivity contribution < 1.29 is 4.79 Å². The first-order valence-corrected chi connectivity index (χ1v) is 9.02. The van der Waals surface area contributed by atoms with E-state index in [4.69, 9.17) is 5.73 Å².